The number of carbonyl (C=O) groups excluding carboxylic acids is 1. The Morgan fingerprint density at radius 2 is 2.19 bits per heavy atom. The molecule has 0 bridgehead atoms. The fourth-order valence-corrected chi connectivity index (χ4v) is 2.25. The number of rotatable bonds is 5. The minimum atomic E-state index is -0.0575. The molecule has 0 aliphatic heterocycles. The number of ketones is 1. The Morgan fingerprint density at radius 1 is 1.56 bits per heavy atom. The fraction of sp³-hybridized carbons (Fsp3) is 0.636. The molecule has 0 fully saturated rings. The van der Waals surface area contributed by atoms with Gasteiger partial charge in [-0.15, -0.1) is 11.6 Å². The van der Waals surface area contributed by atoms with Crippen molar-refractivity contribution in [2.45, 2.75) is 26.7 Å². The van der Waals surface area contributed by atoms with Crippen LogP contribution in [0.2, 0.25) is 5.15 Å². The third-order valence-corrected chi connectivity index (χ3v) is 3.44. The topological polar surface area (TPSA) is 34.9 Å². The molecule has 1 aromatic heterocycles. The Kier molecular flexibility index (Phi) is 4.81. The van der Waals surface area contributed by atoms with Gasteiger partial charge in [0.15, 0.2) is 0 Å². The van der Waals surface area contributed by atoms with Gasteiger partial charge in [-0.25, -0.2) is 0 Å². The summed E-state index contributed by atoms with van der Waals surface area (Å²) in [4.78, 5) is 11.4. The van der Waals surface area contributed by atoms with E-state index in [2.05, 4.69) is 5.10 Å². The van der Waals surface area contributed by atoms with E-state index in [9.17, 15) is 4.79 Å². The number of hydrogen-bond donors (Lipinski definition) is 0. The van der Waals surface area contributed by atoms with Crippen LogP contribution in [0.4, 0.5) is 0 Å². The molecule has 1 rings (SSSR count). The summed E-state index contributed by atoms with van der Waals surface area (Å²) in [7, 11) is 1.79. The van der Waals surface area contributed by atoms with E-state index in [1.165, 1.54) is 0 Å². The van der Waals surface area contributed by atoms with Crippen LogP contribution in [0.15, 0.2) is 0 Å². The number of hydrogen-bond acceptors (Lipinski definition) is 2. The lowest BCUT2D eigenvalue weighted by Gasteiger charge is -2.11. The molecule has 16 heavy (non-hydrogen) atoms. The summed E-state index contributed by atoms with van der Waals surface area (Å²) in [5.74, 6) is 0.583. The molecule has 0 saturated carbocycles. The zero-order valence-corrected chi connectivity index (χ0v) is 11.3. The predicted octanol–water partition coefficient (Wildman–Crippen LogP) is 2.76. The van der Waals surface area contributed by atoms with Crippen LogP contribution in [0.5, 0.6) is 0 Å². The molecule has 0 spiro atoms. The lowest BCUT2D eigenvalue weighted by Crippen LogP contribution is -2.15. The zero-order chi connectivity index (χ0) is 12.3. The van der Waals surface area contributed by atoms with E-state index in [0.29, 0.717) is 23.9 Å². The van der Waals surface area contributed by atoms with Crippen molar-refractivity contribution in [2.75, 3.05) is 5.88 Å². The van der Waals surface area contributed by atoms with Crippen molar-refractivity contribution in [1.82, 2.24) is 9.78 Å². The average Bonchev–Trinajstić information content (AvgIpc) is 2.43. The number of alkyl halides is 1. The van der Waals surface area contributed by atoms with Gasteiger partial charge in [0, 0.05) is 24.4 Å². The van der Waals surface area contributed by atoms with Crippen molar-refractivity contribution >= 4 is 29.0 Å². The molecule has 1 atom stereocenters. The summed E-state index contributed by atoms with van der Waals surface area (Å²) < 4.78 is 1.63. The molecule has 0 radical (unpaired) electrons. The second-order valence-corrected chi connectivity index (χ2v) is 4.70. The molecule has 0 N–H and O–H groups in total. The first-order chi connectivity index (χ1) is 7.47. The van der Waals surface area contributed by atoms with Gasteiger partial charge in [-0.3, -0.25) is 9.48 Å². The highest BCUT2D eigenvalue weighted by Crippen LogP contribution is 2.24. The van der Waals surface area contributed by atoms with Crippen molar-refractivity contribution in [1.29, 1.82) is 0 Å². The fourth-order valence-electron chi connectivity index (χ4n) is 1.73. The van der Waals surface area contributed by atoms with Crippen LogP contribution in [0.25, 0.3) is 0 Å². The molecular formula is C11H16Cl2N2O. The third kappa shape index (κ3) is 2.98. The van der Waals surface area contributed by atoms with Crippen LogP contribution in [-0.2, 0) is 18.3 Å². The van der Waals surface area contributed by atoms with Gasteiger partial charge in [-0.1, -0.05) is 11.6 Å². The normalized spacial score (nSPS) is 12.8. The number of aromatic nitrogens is 2. The maximum atomic E-state index is 11.4. The Labute approximate surface area is 106 Å². The first-order valence-corrected chi connectivity index (χ1v) is 6.13. The molecule has 1 unspecified atom stereocenters. The summed E-state index contributed by atoms with van der Waals surface area (Å²) in [6.07, 6.45) is 1.31. The van der Waals surface area contributed by atoms with E-state index in [-0.39, 0.29) is 11.7 Å². The van der Waals surface area contributed by atoms with Crippen LogP contribution < -0.4 is 0 Å². The second-order valence-electron chi connectivity index (χ2n) is 3.97. The maximum absolute atomic E-state index is 11.4. The molecule has 1 heterocycles. The van der Waals surface area contributed by atoms with Crippen LogP contribution in [0.1, 0.15) is 24.6 Å². The molecule has 0 aliphatic rings. The van der Waals surface area contributed by atoms with Gasteiger partial charge in [0.25, 0.3) is 0 Å². The molecule has 0 aromatic carbocycles. The van der Waals surface area contributed by atoms with Gasteiger partial charge in [0.1, 0.15) is 10.9 Å². The third-order valence-electron chi connectivity index (χ3n) is 2.75. The summed E-state index contributed by atoms with van der Waals surface area (Å²) >= 11 is 11.8. The molecule has 3 nitrogen and oxygen atoms in total. The monoisotopic (exact) mass is 262 g/mol. The Balaban J connectivity index is 2.88. The van der Waals surface area contributed by atoms with Gasteiger partial charge in [0.2, 0.25) is 0 Å². The highest BCUT2D eigenvalue weighted by atomic mass is 35.5. The molecule has 0 amide bonds. The highest BCUT2D eigenvalue weighted by Gasteiger charge is 2.19. The lowest BCUT2D eigenvalue weighted by molar-refractivity contribution is -0.120. The van der Waals surface area contributed by atoms with Gasteiger partial charge in [0.05, 0.1) is 5.69 Å². The van der Waals surface area contributed by atoms with E-state index < -0.39 is 0 Å². The van der Waals surface area contributed by atoms with Crippen LogP contribution in [0.3, 0.4) is 0 Å². The number of halogens is 2. The van der Waals surface area contributed by atoms with Gasteiger partial charge < -0.3 is 0 Å². The SMILES string of the molecule is CC(=O)C(CCCl)Cc1c(C)nn(C)c1Cl. The molecule has 0 saturated heterocycles. The van der Waals surface area contributed by atoms with E-state index in [4.69, 9.17) is 23.2 Å². The summed E-state index contributed by atoms with van der Waals surface area (Å²) in [6, 6.07) is 0. The number of carbonyl (C=O) groups is 1. The molecule has 0 aliphatic carbocycles. The Morgan fingerprint density at radius 3 is 2.56 bits per heavy atom. The van der Waals surface area contributed by atoms with E-state index in [0.717, 1.165) is 11.3 Å². The summed E-state index contributed by atoms with van der Waals surface area (Å²) in [5, 5.41) is 4.83. The Hall–Kier alpha value is -0.540. The van der Waals surface area contributed by atoms with E-state index in [1.807, 2.05) is 6.92 Å². The molecular weight excluding hydrogens is 247 g/mol. The smallest absolute Gasteiger partial charge is 0.133 e. The predicted molar refractivity (Wildman–Crippen MR) is 66.2 cm³/mol. The standard InChI is InChI=1S/C11H16Cl2N2O/c1-7-10(11(13)15(3)14-7)6-9(4-5-12)8(2)16/h9H,4-6H2,1-3H3. The second kappa shape index (κ2) is 5.69. The highest BCUT2D eigenvalue weighted by molar-refractivity contribution is 6.30. The summed E-state index contributed by atoms with van der Waals surface area (Å²) in [6.45, 7) is 3.50. The van der Waals surface area contributed by atoms with Crippen LogP contribution >= 0.6 is 23.2 Å². The zero-order valence-electron chi connectivity index (χ0n) is 9.76. The number of aryl methyl sites for hydroxylation is 2. The van der Waals surface area contributed by atoms with Crippen LogP contribution in [-0.4, -0.2) is 21.4 Å². The largest absolute Gasteiger partial charge is 0.300 e. The number of nitrogens with zero attached hydrogens (tertiary/aromatic N) is 2. The Bertz CT molecular complexity index is 388. The van der Waals surface area contributed by atoms with Crippen molar-refractivity contribution in [3.05, 3.63) is 16.4 Å². The molecule has 90 valence electrons. The van der Waals surface area contributed by atoms with Crippen molar-refractivity contribution in [3.63, 3.8) is 0 Å². The van der Waals surface area contributed by atoms with E-state index in [1.54, 1.807) is 18.7 Å². The van der Waals surface area contributed by atoms with Gasteiger partial charge in [-0.2, -0.15) is 5.10 Å². The molecule has 1 aromatic rings. The number of Topliss-reactive ketones (excluding diaryl/α,β-unsaturated/α-hetero) is 1. The molecule has 5 heteroatoms. The van der Waals surface area contributed by atoms with Gasteiger partial charge in [-0.05, 0) is 26.7 Å². The first-order valence-electron chi connectivity index (χ1n) is 5.21. The first kappa shape index (κ1) is 13.5. The van der Waals surface area contributed by atoms with Crippen LogP contribution in [0, 0.1) is 12.8 Å². The van der Waals surface area contributed by atoms with E-state index >= 15 is 0 Å². The summed E-state index contributed by atoms with van der Waals surface area (Å²) in [5.41, 5.74) is 1.84. The minimum Gasteiger partial charge on any atom is -0.300 e. The maximum Gasteiger partial charge on any atom is 0.133 e. The van der Waals surface area contributed by atoms with Gasteiger partial charge >= 0.3 is 0 Å². The minimum absolute atomic E-state index is 0.0575. The van der Waals surface area contributed by atoms with Crippen molar-refractivity contribution in [2.24, 2.45) is 13.0 Å². The van der Waals surface area contributed by atoms with Crippen molar-refractivity contribution in [3.8, 4) is 0 Å². The average molecular weight is 263 g/mol. The quantitative estimate of drug-likeness (QED) is 0.765. The van der Waals surface area contributed by atoms with Crippen molar-refractivity contribution < 1.29 is 4.79 Å². The lowest BCUT2D eigenvalue weighted by atomic mass is 9.94.